The summed E-state index contributed by atoms with van der Waals surface area (Å²) < 4.78 is 6.42. The molecule has 0 aliphatic carbocycles. The van der Waals surface area contributed by atoms with Crippen LogP contribution in [0.1, 0.15) is 43.7 Å². The summed E-state index contributed by atoms with van der Waals surface area (Å²) in [6.45, 7) is 9.89. The van der Waals surface area contributed by atoms with E-state index in [1.807, 2.05) is 50.2 Å². The monoisotopic (exact) mass is 434 g/mol. The van der Waals surface area contributed by atoms with Crippen LogP contribution in [-0.2, 0) is 4.79 Å². The predicted octanol–water partition coefficient (Wildman–Crippen LogP) is 5.35. The minimum Gasteiger partial charge on any atom is -0.447 e. The Balaban J connectivity index is 1.94. The van der Waals surface area contributed by atoms with Gasteiger partial charge in [-0.05, 0) is 31.4 Å². The molecule has 1 unspecified atom stereocenters. The lowest BCUT2D eigenvalue weighted by Gasteiger charge is -2.31. The number of hydrogen-bond acceptors (Lipinski definition) is 6. The fourth-order valence-corrected chi connectivity index (χ4v) is 4.47. The van der Waals surface area contributed by atoms with E-state index in [1.165, 1.54) is 0 Å². The molecule has 0 bridgehead atoms. The van der Waals surface area contributed by atoms with Gasteiger partial charge in [0.2, 0.25) is 23.2 Å². The number of ether oxygens (including phenoxy) is 1. The number of fused-ring (bicyclic) bond motifs is 3. The molecule has 0 fully saturated rings. The summed E-state index contributed by atoms with van der Waals surface area (Å²) in [7, 11) is 0. The molecular formula is C24H26N4O2S. The predicted molar refractivity (Wildman–Crippen MR) is 123 cm³/mol. The average Bonchev–Trinajstić information content (AvgIpc) is 2.87. The number of aryl methyl sites for hydroxylation is 2. The number of nitrogens with zero attached hydrogens (tertiary/aromatic N) is 4. The average molecular weight is 435 g/mol. The quantitative estimate of drug-likeness (QED) is 0.516. The number of carbonyl (C=O) groups is 1. The van der Waals surface area contributed by atoms with Crippen molar-refractivity contribution in [2.45, 2.75) is 46.0 Å². The van der Waals surface area contributed by atoms with Gasteiger partial charge in [-0.3, -0.25) is 9.69 Å². The van der Waals surface area contributed by atoms with Crippen molar-refractivity contribution in [2.24, 2.45) is 5.92 Å². The first-order valence-corrected chi connectivity index (χ1v) is 11.3. The first kappa shape index (κ1) is 21.3. The Morgan fingerprint density at radius 1 is 1.16 bits per heavy atom. The van der Waals surface area contributed by atoms with Crippen LogP contribution in [0, 0.1) is 19.8 Å². The van der Waals surface area contributed by atoms with Crippen molar-refractivity contribution < 1.29 is 9.53 Å². The van der Waals surface area contributed by atoms with Gasteiger partial charge in [0, 0.05) is 23.8 Å². The Morgan fingerprint density at radius 3 is 2.58 bits per heavy atom. The highest BCUT2D eigenvalue weighted by atomic mass is 32.2. The van der Waals surface area contributed by atoms with Crippen molar-refractivity contribution in [3.63, 3.8) is 0 Å². The van der Waals surface area contributed by atoms with E-state index < -0.39 is 6.23 Å². The molecule has 7 heteroatoms. The van der Waals surface area contributed by atoms with Crippen molar-refractivity contribution in [1.82, 2.24) is 15.2 Å². The maximum Gasteiger partial charge on any atom is 0.247 e. The molecule has 1 aliphatic rings. The van der Waals surface area contributed by atoms with Crippen molar-refractivity contribution in [3.8, 4) is 17.1 Å². The molecule has 0 N–H and O–H groups in total. The van der Waals surface area contributed by atoms with Crippen molar-refractivity contribution in [1.29, 1.82) is 0 Å². The molecule has 2 aromatic carbocycles. The van der Waals surface area contributed by atoms with Crippen LogP contribution in [0.5, 0.6) is 5.88 Å². The molecule has 1 aliphatic heterocycles. The standard InChI is InChI=1S/C24H26N4O2S/c1-14(2)13-31-24-25-22-20(26-27-24)19-12-15(3)11-16(4)21(19)28(17(5)29)23(30-22)18-9-7-6-8-10-18/h6-12,14,23H,13H2,1-5H3. The number of amides is 1. The Hall–Kier alpha value is -2.93. The van der Waals surface area contributed by atoms with Gasteiger partial charge in [-0.1, -0.05) is 67.6 Å². The molecule has 0 spiro atoms. The summed E-state index contributed by atoms with van der Waals surface area (Å²) in [6, 6.07) is 13.8. The highest BCUT2D eigenvalue weighted by Crippen LogP contribution is 2.45. The van der Waals surface area contributed by atoms with E-state index in [2.05, 4.69) is 30.1 Å². The van der Waals surface area contributed by atoms with E-state index in [0.29, 0.717) is 22.6 Å². The Bertz CT molecular complexity index is 1120. The molecule has 1 aromatic heterocycles. The van der Waals surface area contributed by atoms with E-state index in [4.69, 9.17) is 9.72 Å². The lowest BCUT2D eigenvalue weighted by Crippen LogP contribution is -2.36. The van der Waals surface area contributed by atoms with E-state index in [-0.39, 0.29) is 5.91 Å². The molecule has 1 atom stereocenters. The Labute approximate surface area is 187 Å². The fourth-order valence-electron chi connectivity index (χ4n) is 3.74. The normalized spacial score (nSPS) is 15.2. The summed E-state index contributed by atoms with van der Waals surface area (Å²) in [5, 5.41) is 9.43. The third-order valence-corrected chi connectivity index (χ3v) is 6.27. The number of rotatable bonds is 4. The molecule has 6 nitrogen and oxygen atoms in total. The zero-order chi connectivity index (χ0) is 22.1. The zero-order valence-electron chi connectivity index (χ0n) is 18.4. The Morgan fingerprint density at radius 2 is 1.90 bits per heavy atom. The van der Waals surface area contributed by atoms with Gasteiger partial charge >= 0.3 is 0 Å². The van der Waals surface area contributed by atoms with Gasteiger partial charge in [0.1, 0.15) is 0 Å². The molecule has 0 saturated heterocycles. The van der Waals surface area contributed by atoms with Crippen LogP contribution < -0.4 is 9.64 Å². The fraction of sp³-hybridized carbons (Fsp3) is 0.333. The maximum absolute atomic E-state index is 12.9. The lowest BCUT2D eigenvalue weighted by molar-refractivity contribution is -0.118. The molecule has 4 rings (SSSR count). The number of carbonyl (C=O) groups excluding carboxylic acids is 1. The zero-order valence-corrected chi connectivity index (χ0v) is 19.2. The summed E-state index contributed by atoms with van der Waals surface area (Å²) >= 11 is 1.55. The van der Waals surface area contributed by atoms with Crippen molar-refractivity contribution in [3.05, 3.63) is 59.2 Å². The van der Waals surface area contributed by atoms with Gasteiger partial charge in [0.05, 0.1) is 5.69 Å². The molecule has 1 amide bonds. The number of aromatic nitrogens is 3. The topological polar surface area (TPSA) is 68.2 Å². The molecule has 0 saturated carbocycles. The molecule has 3 aromatic rings. The SMILES string of the molecule is CC(=O)N1c2c(C)cc(C)cc2-c2nnc(SCC(C)C)nc2OC1c1ccccc1. The van der Waals surface area contributed by atoms with Crippen LogP contribution in [0.3, 0.4) is 0 Å². The van der Waals surface area contributed by atoms with Gasteiger partial charge < -0.3 is 4.74 Å². The second-order valence-corrected chi connectivity index (χ2v) is 9.19. The summed E-state index contributed by atoms with van der Waals surface area (Å²) in [6.07, 6.45) is -0.653. The smallest absolute Gasteiger partial charge is 0.247 e. The summed E-state index contributed by atoms with van der Waals surface area (Å²) in [5.41, 5.74) is 5.06. The van der Waals surface area contributed by atoms with E-state index in [0.717, 1.165) is 33.7 Å². The second kappa shape index (κ2) is 8.67. The third-order valence-electron chi connectivity index (χ3n) is 5.00. The van der Waals surface area contributed by atoms with Gasteiger partial charge in [-0.25, -0.2) is 0 Å². The van der Waals surface area contributed by atoms with Crippen LogP contribution in [-0.4, -0.2) is 26.8 Å². The van der Waals surface area contributed by atoms with E-state index in [1.54, 1.807) is 23.6 Å². The third kappa shape index (κ3) is 4.28. The lowest BCUT2D eigenvalue weighted by atomic mass is 10.00. The molecule has 31 heavy (non-hydrogen) atoms. The molecule has 2 heterocycles. The number of anilines is 1. The first-order valence-electron chi connectivity index (χ1n) is 10.4. The minimum absolute atomic E-state index is 0.114. The van der Waals surface area contributed by atoms with Crippen LogP contribution in [0.4, 0.5) is 5.69 Å². The minimum atomic E-state index is -0.653. The Kier molecular flexibility index (Phi) is 5.96. The summed E-state index contributed by atoms with van der Waals surface area (Å²) in [4.78, 5) is 19.3. The van der Waals surface area contributed by atoms with Crippen molar-refractivity contribution in [2.75, 3.05) is 10.7 Å². The van der Waals surface area contributed by atoms with Gasteiger partial charge in [-0.15, -0.1) is 10.2 Å². The molecular weight excluding hydrogens is 408 g/mol. The van der Waals surface area contributed by atoms with Gasteiger partial charge in [0.15, 0.2) is 5.69 Å². The van der Waals surface area contributed by atoms with Crippen LogP contribution in [0.15, 0.2) is 47.6 Å². The maximum atomic E-state index is 12.9. The van der Waals surface area contributed by atoms with Crippen LogP contribution in [0.2, 0.25) is 0 Å². The number of thioether (sulfide) groups is 1. The van der Waals surface area contributed by atoms with Gasteiger partial charge in [0.25, 0.3) is 0 Å². The highest BCUT2D eigenvalue weighted by molar-refractivity contribution is 7.99. The summed E-state index contributed by atoms with van der Waals surface area (Å²) in [5.74, 6) is 1.67. The number of benzene rings is 2. The van der Waals surface area contributed by atoms with Crippen molar-refractivity contribution >= 4 is 23.4 Å². The second-order valence-electron chi connectivity index (χ2n) is 8.20. The van der Waals surface area contributed by atoms with Crippen LogP contribution >= 0.6 is 11.8 Å². The first-order chi connectivity index (χ1) is 14.8. The highest BCUT2D eigenvalue weighted by Gasteiger charge is 2.35. The van der Waals surface area contributed by atoms with E-state index >= 15 is 0 Å². The largest absolute Gasteiger partial charge is 0.447 e. The molecule has 160 valence electrons. The number of hydrogen-bond donors (Lipinski definition) is 0. The van der Waals surface area contributed by atoms with Crippen LogP contribution in [0.25, 0.3) is 11.3 Å². The molecule has 0 radical (unpaired) electrons. The van der Waals surface area contributed by atoms with E-state index in [9.17, 15) is 4.79 Å². The van der Waals surface area contributed by atoms with Gasteiger partial charge in [-0.2, -0.15) is 4.98 Å².